The van der Waals surface area contributed by atoms with Gasteiger partial charge in [-0.1, -0.05) is 18.2 Å². The fourth-order valence-corrected chi connectivity index (χ4v) is 3.56. The fraction of sp³-hybridized carbons (Fsp3) is 0.381. The highest BCUT2D eigenvalue weighted by molar-refractivity contribution is 5.82. The second kappa shape index (κ2) is 8.13. The molecule has 5 nitrogen and oxygen atoms in total. The van der Waals surface area contributed by atoms with Crippen molar-refractivity contribution in [2.45, 2.75) is 18.9 Å². The van der Waals surface area contributed by atoms with E-state index < -0.39 is 0 Å². The summed E-state index contributed by atoms with van der Waals surface area (Å²) >= 11 is 0. The highest BCUT2D eigenvalue weighted by Gasteiger charge is 2.32. The lowest BCUT2D eigenvalue weighted by molar-refractivity contribution is -0.130. The molecule has 0 radical (unpaired) electrons. The Hall–Kier alpha value is -2.69. The average Bonchev–Trinajstić information content (AvgIpc) is 3.18. The number of likely N-dealkylation sites (tertiary alicyclic amines) is 1. The number of carbonyl (C=O) groups excluding carboxylic acids is 1. The van der Waals surface area contributed by atoms with Gasteiger partial charge in [-0.15, -0.1) is 0 Å². The summed E-state index contributed by atoms with van der Waals surface area (Å²) in [4.78, 5) is 16.9. The van der Waals surface area contributed by atoms with Crippen LogP contribution in [0.25, 0.3) is 0 Å². The SMILES string of the molecule is COc1ccc(OC)c(C2CCCN2C(=O)CN(C)c2ccccc2)c1. The van der Waals surface area contributed by atoms with E-state index >= 15 is 0 Å². The van der Waals surface area contributed by atoms with Crippen LogP contribution in [-0.2, 0) is 4.79 Å². The Kier molecular flexibility index (Phi) is 5.66. The minimum absolute atomic E-state index is 0.0247. The lowest BCUT2D eigenvalue weighted by atomic mass is 10.0. The normalized spacial score (nSPS) is 16.4. The van der Waals surface area contributed by atoms with Crippen molar-refractivity contribution in [2.24, 2.45) is 0 Å². The van der Waals surface area contributed by atoms with Crippen LogP contribution in [0.2, 0.25) is 0 Å². The quantitative estimate of drug-likeness (QED) is 0.796. The molecular formula is C21H26N2O3. The molecule has 0 N–H and O–H groups in total. The molecule has 3 rings (SSSR count). The van der Waals surface area contributed by atoms with Crippen molar-refractivity contribution in [3.05, 3.63) is 54.1 Å². The summed E-state index contributed by atoms with van der Waals surface area (Å²) in [5.41, 5.74) is 2.05. The third kappa shape index (κ3) is 3.77. The molecule has 1 atom stereocenters. The predicted molar refractivity (Wildman–Crippen MR) is 103 cm³/mol. The molecule has 1 aliphatic heterocycles. The molecule has 0 aromatic heterocycles. The van der Waals surface area contributed by atoms with E-state index in [9.17, 15) is 4.79 Å². The minimum atomic E-state index is 0.0247. The highest BCUT2D eigenvalue weighted by Crippen LogP contribution is 2.39. The molecular weight excluding hydrogens is 328 g/mol. The molecule has 2 aromatic rings. The molecule has 1 unspecified atom stereocenters. The Bertz CT molecular complexity index is 748. The number of carbonyl (C=O) groups is 1. The molecule has 0 saturated carbocycles. The van der Waals surface area contributed by atoms with Crippen molar-refractivity contribution in [3.63, 3.8) is 0 Å². The summed E-state index contributed by atoms with van der Waals surface area (Å²) in [6, 6.07) is 15.8. The van der Waals surface area contributed by atoms with Crippen molar-refractivity contribution in [2.75, 3.05) is 39.3 Å². The van der Waals surface area contributed by atoms with E-state index in [0.29, 0.717) is 6.54 Å². The largest absolute Gasteiger partial charge is 0.497 e. The van der Waals surface area contributed by atoms with E-state index in [1.54, 1.807) is 14.2 Å². The van der Waals surface area contributed by atoms with E-state index in [0.717, 1.165) is 42.1 Å². The summed E-state index contributed by atoms with van der Waals surface area (Å²) in [7, 11) is 5.26. The molecule has 1 heterocycles. The molecule has 0 spiro atoms. The zero-order chi connectivity index (χ0) is 18.5. The monoisotopic (exact) mass is 354 g/mol. The number of likely N-dealkylation sites (N-methyl/N-ethyl adjacent to an activating group) is 1. The second-order valence-electron chi connectivity index (χ2n) is 6.54. The van der Waals surface area contributed by atoms with Gasteiger partial charge >= 0.3 is 0 Å². The van der Waals surface area contributed by atoms with Gasteiger partial charge in [-0.25, -0.2) is 0 Å². The lowest BCUT2D eigenvalue weighted by Crippen LogP contribution is -2.38. The van der Waals surface area contributed by atoms with Crippen molar-refractivity contribution < 1.29 is 14.3 Å². The summed E-state index contributed by atoms with van der Waals surface area (Å²) in [6.45, 7) is 1.12. The summed E-state index contributed by atoms with van der Waals surface area (Å²) in [6.07, 6.45) is 1.93. The van der Waals surface area contributed by atoms with Gasteiger partial charge in [0.25, 0.3) is 0 Å². The molecule has 1 fully saturated rings. The predicted octanol–water partition coefficient (Wildman–Crippen LogP) is 3.50. The number of amides is 1. The molecule has 1 saturated heterocycles. The van der Waals surface area contributed by atoms with Crippen LogP contribution in [0, 0.1) is 0 Å². The first-order valence-corrected chi connectivity index (χ1v) is 8.91. The van der Waals surface area contributed by atoms with Crippen LogP contribution in [0.4, 0.5) is 5.69 Å². The topological polar surface area (TPSA) is 42.0 Å². The van der Waals surface area contributed by atoms with Gasteiger partial charge in [0.2, 0.25) is 5.91 Å². The second-order valence-corrected chi connectivity index (χ2v) is 6.54. The van der Waals surface area contributed by atoms with Gasteiger partial charge in [-0.2, -0.15) is 0 Å². The van der Waals surface area contributed by atoms with Gasteiger partial charge in [0.1, 0.15) is 11.5 Å². The number of rotatable bonds is 6. The van der Waals surface area contributed by atoms with E-state index in [4.69, 9.17) is 9.47 Å². The number of methoxy groups -OCH3 is 2. The molecule has 1 aliphatic rings. The van der Waals surface area contributed by atoms with Gasteiger partial charge in [-0.05, 0) is 43.2 Å². The Morgan fingerprint density at radius 1 is 1.15 bits per heavy atom. The van der Waals surface area contributed by atoms with Crippen LogP contribution >= 0.6 is 0 Å². The van der Waals surface area contributed by atoms with Crippen LogP contribution < -0.4 is 14.4 Å². The van der Waals surface area contributed by atoms with Gasteiger partial charge in [0.15, 0.2) is 0 Å². The van der Waals surface area contributed by atoms with Crippen LogP contribution in [0.3, 0.4) is 0 Å². The molecule has 0 aliphatic carbocycles. The Labute approximate surface area is 155 Å². The zero-order valence-electron chi connectivity index (χ0n) is 15.6. The molecule has 138 valence electrons. The Morgan fingerprint density at radius 2 is 1.92 bits per heavy atom. The minimum Gasteiger partial charge on any atom is -0.497 e. The van der Waals surface area contributed by atoms with Gasteiger partial charge < -0.3 is 19.3 Å². The van der Waals surface area contributed by atoms with Crippen molar-refractivity contribution >= 4 is 11.6 Å². The molecule has 5 heteroatoms. The first-order valence-electron chi connectivity index (χ1n) is 8.91. The maximum atomic E-state index is 13.0. The maximum Gasteiger partial charge on any atom is 0.242 e. The van der Waals surface area contributed by atoms with Gasteiger partial charge in [-0.3, -0.25) is 4.79 Å². The summed E-state index contributed by atoms with van der Waals surface area (Å²) < 4.78 is 10.9. The smallest absolute Gasteiger partial charge is 0.242 e. The number of anilines is 1. The van der Waals surface area contributed by atoms with Crippen molar-refractivity contribution in [1.29, 1.82) is 0 Å². The fourth-order valence-electron chi connectivity index (χ4n) is 3.56. The molecule has 1 amide bonds. The average molecular weight is 354 g/mol. The van der Waals surface area contributed by atoms with Crippen molar-refractivity contribution in [3.8, 4) is 11.5 Å². The van der Waals surface area contributed by atoms with Crippen LogP contribution in [0.1, 0.15) is 24.4 Å². The first-order chi connectivity index (χ1) is 12.6. The van der Waals surface area contributed by atoms with Crippen LogP contribution in [-0.4, -0.2) is 45.2 Å². The Balaban J connectivity index is 1.79. The standard InChI is InChI=1S/C21H26N2O3/c1-22(16-8-5-4-6-9-16)15-21(24)23-13-7-10-19(23)18-14-17(25-2)11-12-20(18)26-3/h4-6,8-9,11-12,14,19H,7,10,13,15H2,1-3H3. The number of hydrogen-bond donors (Lipinski definition) is 0. The first kappa shape index (κ1) is 18.1. The van der Waals surface area contributed by atoms with Crippen LogP contribution in [0.5, 0.6) is 11.5 Å². The van der Waals surface area contributed by atoms with E-state index in [2.05, 4.69) is 0 Å². The molecule has 0 bridgehead atoms. The van der Waals surface area contributed by atoms with Gasteiger partial charge in [0, 0.05) is 24.8 Å². The Morgan fingerprint density at radius 3 is 2.62 bits per heavy atom. The third-order valence-electron chi connectivity index (χ3n) is 4.94. The molecule has 2 aromatic carbocycles. The zero-order valence-corrected chi connectivity index (χ0v) is 15.6. The number of para-hydroxylation sites is 1. The number of nitrogens with zero attached hydrogens (tertiary/aromatic N) is 2. The number of benzene rings is 2. The maximum absolute atomic E-state index is 13.0. The lowest BCUT2D eigenvalue weighted by Gasteiger charge is -2.29. The van der Waals surface area contributed by atoms with Crippen LogP contribution in [0.15, 0.2) is 48.5 Å². The van der Waals surface area contributed by atoms with E-state index in [-0.39, 0.29) is 11.9 Å². The summed E-state index contributed by atoms with van der Waals surface area (Å²) in [5, 5.41) is 0. The summed E-state index contributed by atoms with van der Waals surface area (Å²) in [5.74, 6) is 1.71. The number of ether oxygens (including phenoxy) is 2. The third-order valence-corrected chi connectivity index (χ3v) is 4.94. The van der Waals surface area contributed by atoms with E-state index in [1.165, 1.54) is 0 Å². The number of hydrogen-bond acceptors (Lipinski definition) is 4. The van der Waals surface area contributed by atoms with Gasteiger partial charge in [0.05, 0.1) is 26.8 Å². The van der Waals surface area contributed by atoms with E-state index in [1.807, 2.05) is 65.4 Å². The van der Waals surface area contributed by atoms with Crippen molar-refractivity contribution in [1.82, 2.24) is 4.90 Å². The molecule has 26 heavy (non-hydrogen) atoms. The highest BCUT2D eigenvalue weighted by atomic mass is 16.5.